The highest BCUT2D eigenvalue weighted by molar-refractivity contribution is 7.07. The van der Waals surface area contributed by atoms with Crippen LogP contribution in [-0.4, -0.2) is 17.1 Å². The zero-order chi connectivity index (χ0) is 23.3. The van der Waals surface area contributed by atoms with Crippen LogP contribution in [0.15, 0.2) is 47.3 Å². The molecule has 2 aromatic carbocycles. The Kier molecular flexibility index (Phi) is 7.75. The zero-order valence-corrected chi connectivity index (χ0v) is 19.6. The molecule has 3 rings (SSSR count). The van der Waals surface area contributed by atoms with Crippen molar-refractivity contribution >= 4 is 57.8 Å². The van der Waals surface area contributed by atoms with E-state index < -0.39 is 5.91 Å². The third kappa shape index (κ3) is 4.89. The number of ether oxygens (including phenoxy) is 1. The molecule has 1 N–H and O–H groups in total. The minimum Gasteiger partial charge on any atom is -0.492 e. The van der Waals surface area contributed by atoms with Gasteiger partial charge in [-0.2, -0.15) is 5.26 Å². The van der Waals surface area contributed by atoms with Crippen LogP contribution in [0.3, 0.4) is 0 Å². The van der Waals surface area contributed by atoms with Gasteiger partial charge in [0.15, 0.2) is 5.57 Å². The Hall–Kier alpha value is -3.05. The molecule has 0 fully saturated rings. The van der Waals surface area contributed by atoms with Crippen LogP contribution < -0.4 is 24.8 Å². The predicted molar refractivity (Wildman–Crippen MR) is 129 cm³/mol. The molecule has 0 bridgehead atoms. The average molecular weight is 488 g/mol. The van der Waals surface area contributed by atoms with Crippen molar-refractivity contribution in [2.24, 2.45) is 0 Å². The van der Waals surface area contributed by atoms with E-state index in [0.717, 1.165) is 11.3 Å². The van der Waals surface area contributed by atoms with E-state index >= 15 is 0 Å². The molecule has 1 heterocycles. The Labute approximate surface area is 198 Å². The summed E-state index contributed by atoms with van der Waals surface area (Å²) in [7, 11) is 0. The fourth-order valence-electron chi connectivity index (χ4n) is 3.00. The van der Waals surface area contributed by atoms with Gasteiger partial charge in [0.05, 0.1) is 26.9 Å². The number of benzene rings is 2. The lowest BCUT2D eigenvalue weighted by molar-refractivity contribution is -0.111. The van der Waals surface area contributed by atoms with Gasteiger partial charge in [-0.05, 0) is 43.7 Å². The van der Waals surface area contributed by atoms with Gasteiger partial charge >= 0.3 is 0 Å². The van der Waals surface area contributed by atoms with Gasteiger partial charge in [-0.25, -0.2) is 0 Å². The van der Waals surface area contributed by atoms with Gasteiger partial charge in [-0.1, -0.05) is 47.5 Å². The summed E-state index contributed by atoms with van der Waals surface area (Å²) >= 11 is 13.4. The average Bonchev–Trinajstić information content (AvgIpc) is 3.08. The summed E-state index contributed by atoms with van der Waals surface area (Å²) in [5, 5.41) is 13.2. The van der Waals surface area contributed by atoms with Gasteiger partial charge in [-0.3, -0.25) is 14.2 Å². The Bertz CT molecular complexity index is 1390. The number of thiazole rings is 1. The number of hydrogen-bond donors (Lipinski definition) is 1. The van der Waals surface area contributed by atoms with Crippen molar-refractivity contribution in [2.45, 2.75) is 20.4 Å². The van der Waals surface area contributed by atoms with Crippen molar-refractivity contribution in [1.29, 1.82) is 5.26 Å². The fourth-order valence-corrected chi connectivity index (χ4v) is 4.51. The number of nitrogens with one attached hydrogen (secondary N) is 1. The molecule has 0 atom stereocenters. The highest BCUT2D eigenvalue weighted by Gasteiger charge is 2.17. The van der Waals surface area contributed by atoms with Crippen molar-refractivity contribution in [1.82, 2.24) is 4.57 Å². The number of aromatic nitrogens is 1. The van der Waals surface area contributed by atoms with Crippen molar-refractivity contribution < 1.29 is 9.53 Å². The normalized spacial score (nSPS) is 12.3. The maximum absolute atomic E-state index is 13.0. The summed E-state index contributed by atoms with van der Waals surface area (Å²) < 4.78 is 7.51. The first kappa shape index (κ1) is 23.6. The number of halogens is 2. The lowest BCUT2D eigenvalue weighted by atomic mass is 10.2. The van der Waals surface area contributed by atoms with Crippen LogP contribution >= 0.6 is 34.5 Å². The Balaban J connectivity index is 2.15. The second kappa shape index (κ2) is 10.5. The van der Waals surface area contributed by atoms with Crippen LogP contribution in [0.2, 0.25) is 10.0 Å². The number of carbonyl (C=O) groups is 1. The highest BCUT2D eigenvalue weighted by atomic mass is 35.5. The molecule has 0 aliphatic heterocycles. The smallest absolute Gasteiger partial charge is 0.269 e. The molecule has 0 aliphatic rings. The first-order valence-electron chi connectivity index (χ1n) is 9.74. The van der Waals surface area contributed by atoms with E-state index in [4.69, 9.17) is 27.9 Å². The molecule has 0 radical (unpaired) electrons. The van der Waals surface area contributed by atoms with Crippen LogP contribution in [0, 0.1) is 11.3 Å². The molecule has 9 heteroatoms. The quantitative estimate of drug-likeness (QED) is 0.573. The maximum atomic E-state index is 13.0. The summed E-state index contributed by atoms with van der Waals surface area (Å²) in [5.41, 5.74) is 0.517. The van der Waals surface area contributed by atoms with Crippen LogP contribution in [0.5, 0.6) is 5.75 Å². The van der Waals surface area contributed by atoms with Crippen LogP contribution in [0.1, 0.15) is 19.4 Å². The van der Waals surface area contributed by atoms with Gasteiger partial charge in [0.25, 0.3) is 11.5 Å². The monoisotopic (exact) mass is 487 g/mol. The summed E-state index contributed by atoms with van der Waals surface area (Å²) in [5.74, 6) is -0.139. The van der Waals surface area contributed by atoms with E-state index in [0.29, 0.717) is 38.2 Å². The second-order valence-electron chi connectivity index (χ2n) is 6.48. The Morgan fingerprint density at radius 2 is 1.97 bits per heavy atom. The first-order valence-corrected chi connectivity index (χ1v) is 11.3. The number of nitriles is 1. The summed E-state index contributed by atoms with van der Waals surface area (Å²) in [4.78, 5) is 25.9. The molecule has 0 aliphatic carbocycles. The lowest BCUT2D eigenvalue weighted by Gasteiger charge is -2.10. The fraction of sp³-hybridized carbons (Fsp3) is 0.174. The lowest BCUT2D eigenvalue weighted by Crippen LogP contribution is -2.33. The standard InChI is InChI=1S/C23H19Cl2N3O3S/c1-3-28-22(30)19(12-14-8-7-9-16(24)20(14)25)32-23(28)15(13-26)21(29)27-17-10-5-6-11-18(17)31-4-2/h5-12H,3-4H2,1-2H3,(H,27,29)/b19-12-,23-15-. The number of hydrogen-bond acceptors (Lipinski definition) is 5. The van der Waals surface area contributed by atoms with E-state index in [1.807, 2.05) is 13.0 Å². The van der Waals surface area contributed by atoms with Crippen molar-refractivity contribution in [2.75, 3.05) is 11.9 Å². The zero-order valence-electron chi connectivity index (χ0n) is 17.3. The van der Waals surface area contributed by atoms with E-state index in [9.17, 15) is 14.9 Å². The van der Waals surface area contributed by atoms with Gasteiger partial charge in [-0.15, -0.1) is 11.3 Å². The molecule has 0 spiro atoms. The molecular weight excluding hydrogens is 469 g/mol. The highest BCUT2D eigenvalue weighted by Crippen LogP contribution is 2.26. The molecule has 32 heavy (non-hydrogen) atoms. The summed E-state index contributed by atoms with van der Waals surface area (Å²) in [6.07, 6.45) is 1.61. The van der Waals surface area contributed by atoms with Gasteiger partial charge in [0.2, 0.25) is 0 Å². The number of para-hydroxylation sites is 2. The minimum atomic E-state index is -0.629. The van der Waals surface area contributed by atoms with E-state index in [-0.39, 0.29) is 22.3 Å². The molecule has 6 nitrogen and oxygen atoms in total. The molecular formula is C23H19Cl2N3O3S. The van der Waals surface area contributed by atoms with E-state index in [1.54, 1.807) is 55.5 Å². The van der Waals surface area contributed by atoms with Gasteiger partial charge < -0.3 is 10.1 Å². The van der Waals surface area contributed by atoms with Crippen LogP contribution in [0.4, 0.5) is 5.69 Å². The van der Waals surface area contributed by atoms with Gasteiger partial charge in [0.1, 0.15) is 16.5 Å². The van der Waals surface area contributed by atoms with E-state index in [1.165, 1.54) is 4.57 Å². The van der Waals surface area contributed by atoms with Crippen molar-refractivity contribution in [3.05, 3.63) is 77.6 Å². The SMILES string of the molecule is CCOc1ccccc1NC(=O)/C(C#N)=c1\s/c(=C\c2cccc(Cl)c2Cl)c(=O)n1CC. The maximum Gasteiger partial charge on any atom is 0.269 e. The van der Waals surface area contributed by atoms with E-state index in [2.05, 4.69) is 5.32 Å². The number of amides is 1. The van der Waals surface area contributed by atoms with Gasteiger partial charge in [0, 0.05) is 6.54 Å². The molecule has 0 saturated carbocycles. The molecule has 3 aromatic rings. The largest absolute Gasteiger partial charge is 0.492 e. The van der Waals surface area contributed by atoms with Crippen molar-refractivity contribution in [3.63, 3.8) is 0 Å². The Morgan fingerprint density at radius 1 is 1.22 bits per heavy atom. The predicted octanol–water partition coefficient (Wildman–Crippen LogP) is 3.78. The Morgan fingerprint density at radius 3 is 2.66 bits per heavy atom. The third-order valence-corrected chi connectivity index (χ3v) is 6.44. The number of rotatable bonds is 6. The van der Waals surface area contributed by atoms with Crippen LogP contribution in [-0.2, 0) is 11.3 Å². The first-order chi connectivity index (χ1) is 15.4. The topological polar surface area (TPSA) is 84.1 Å². The number of carbonyl (C=O) groups excluding carboxylic acids is 1. The van der Waals surface area contributed by atoms with Crippen molar-refractivity contribution in [3.8, 4) is 11.8 Å². The molecule has 0 saturated heterocycles. The third-order valence-electron chi connectivity index (χ3n) is 4.48. The molecule has 1 aromatic heterocycles. The minimum absolute atomic E-state index is 0.169. The second-order valence-corrected chi connectivity index (χ2v) is 8.29. The molecule has 164 valence electrons. The molecule has 0 unspecified atom stereocenters. The number of anilines is 1. The number of nitrogens with zero attached hydrogens (tertiary/aromatic N) is 2. The molecule has 1 amide bonds. The summed E-state index contributed by atoms with van der Waals surface area (Å²) in [6, 6.07) is 14.0. The summed E-state index contributed by atoms with van der Waals surface area (Å²) in [6.45, 7) is 4.31. The van der Waals surface area contributed by atoms with Crippen LogP contribution in [0.25, 0.3) is 11.6 Å².